The molecule has 0 aliphatic rings. The Morgan fingerprint density at radius 2 is 2.00 bits per heavy atom. The summed E-state index contributed by atoms with van der Waals surface area (Å²) in [7, 11) is 1.50. The summed E-state index contributed by atoms with van der Waals surface area (Å²) in [6, 6.07) is 6.05. The molecular weight excluding hydrogens is 276 g/mol. The molecule has 1 N–H and O–H groups in total. The zero-order valence-corrected chi connectivity index (χ0v) is 11.4. The van der Waals surface area contributed by atoms with Gasteiger partial charge in [-0.1, -0.05) is 6.07 Å². The van der Waals surface area contributed by atoms with Crippen LogP contribution in [0.1, 0.15) is 10.4 Å². The van der Waals surface area contributed by atoms with Gasteiger partial charge >= 0.3 is 17.1 Å². The van der Waals surface area contributed by atoms with Crippen LogP contribution in [0.2, 0.25) is 0 Å². The number of rotatable bonds is 5. The van der Waals surface area contributed by atoms with Crippen LogP contribution >= 0.6 is 0 Å². The molecule has 0 aliphatic heterocycles. The molecule has 0 atom stereocenters. The zero-order chi connectivity index (χ0) is 15.4. The topological polar surface area (TPSA) is 90.5 Å². The number of benzene rings is 1. The van der Waals surface area contributed by atoms with Crippen molar-refractivity contribution >= 4 is 5.97 Å². The maximum Gasteiger partial charge on any atom is 0.335 e. The monoisotopic (exact) mass is 290 g/mol. The minimum Gasteiger partial charge on any atom is -0.492 e. The van der Waals surface area contributed by atoms with Gasteiger partial charge in [0.05, 0.1) is 12.1 Å². The maximum absolute atomic E-state index is 11.7. The molecule has 2 rings (SSSR count). The summed E-state index contributed by atoms with van der Waals surface area (Å²) < 4.78 is 7.85. The lowest BCUT2D eigenvalue weighted by atomic mass is 10.2. The summed E-state index contributed by atoms with van der Waals surface area (Å²) in [5.74, 6) is -0.644. The van der Waals surface area contributed by atoms with Gasteiger partial charge in [-0.25, -0.2) is 4.79 Å². The van der Waals surface area contributed by atoms with Crippen LogP contribution in [0, 0.1) is 0 Å². The molecule has 7 nitrogen and oxygen atoms in total. The van der Waals surface area contributed by atoms with Crippen LogP contribution in [0.25, 0.3) is 0 Å². The molecule has 0 radical (unpaired) electrons. The van der Waals surface area contributed by atoms with Crippen molar-refractivity contribution < 1.29 is 14.6 Å². The summed E-state index contributed by atoms with van der Waals surface area (Å²) in [5.41, 5.74) is -1.11. The average molecular weight is 290 g/mol. The van der Waals surface area contributed by atoms with Gasteiger partial charge < -0.3 is 19.0 Å². The predicted molar refractivity (Wildman–Crippen MR) is 74.8 cm³/mol. The summed E-state index contributed by atoms with van der Waals surface area (Å²) in [5, 5.41) is 8.87. The SMILES string of the molecule is Cn1ccn(CCOc2cccc(C(=O)O)c2)c(=O)c1=O. The molecule has 0 fully saturated rings. The third-order valence-electron chi connectivity index (χ3n) is 2.92. The van der Waals surface area contributed by atoms with Crippen molar-refractivity contribution in [2.75, 3.05) is 6.61 Å². The van der Waals surface area contributed by atoms with E-state index in [0.717, 1.165) is 0 Å². The fraction of sp³-hybridized carbons (Fsp3) is 0.214. The molecule has 0 amide bonds. The van der Waals surface area contributed by atoms with Crippen molar-refractivity contribution in [1.82, 2.24) is 9.13 Å². The van der Waals surface area contributed by atoms with Crippen LogP contribution in [-0.2, 0) is 13.6 Å². The van der Waals surface area contributed by atoms with Gasteiger partial charge in [0, 0.05) is 19.4 Å². The molecule has 2 aromatic rings. The molecule has 0 spiro atoms. The van der Waals surface area contributed by atoms with E-state index in [1.54, 1.807) is 12.1 Å². The minimum atomic E-state index is -1.04. The smallest absolute Gasteiger partial charge is 0.335 e. The molecule has 1 aromatic heterocycles. The molecule has 0 unspecified atom stereocenters. The van der Waals surface area contributed by atoms with Gasteiger partial charge in [0.2, 0.25) is 0 Å². The number of aryl methyl sites for hydroxylation is 1. The largest absolute Gasteiger partial charge is 0.492 e. The molecule has 1 aromatic carbocycles. The molecule has 1 heterocycles. The van der Waals surface area contributed by atoms with E-state index in [1.165, 1.54) is 40.7 Å². The second-order valence-electron chi connectivity index (χ2n) is 4.39. The van der Waals surface area contributed by atoms with Gasteiger partial charge in [0.15, 0.2) is 0 Å². The first-order valence-electron chi connectivity index (χ1n) is 6.21. The van der Waals surface area contributed by atoms with E-state index in [-0.39, 0.29) is 18.7 Å². The molecule has 0 saturated carbocycles. The van der Waals surface area contributed by atoms with Gasteiger partial charge in [-0.15, -0.1) is 0 Å². The zero-order valence-electron chi connectivity index (χ0n) is 11.4. The number of aromatic nitrogens is 2. The summed E-state index contributed by atoms with van der Waals surface area (Å²) in [4.78, 5) is 34.0. The highest BCUT2D eigenvalue weighted by molar-refractivity contribution is 5.87. The first-order chi connectivity index (χ1) is 9.99. The van der Waals surface area contributed by atoms with Gasteiger partial charge in [-0.2, -0.15) is 0 Å². The number of aromatic carboxylic acids is 1. The Hall–Kier alpha value is -2.83. The van der Waals surface area contributed by atoms with Crippen LogP contribution in [-0.4, -0.2) is 26.8 Å². The van der Waals surface area contributed by atoms with Crippen LogP contribution < -0.4 is 15.9 Å². The van der Waals surface area contributed by atoms with Gasteiger partial charge in [0.1, 0.15) is 12.4 Å². The summed E-state index contributed by atoms with van der Waals surface area (Å²) in [6.45, 7) is 0.350. The highest BCUT2D eigenvalue weighted by Gasteiger charge is 2.05. The molecule has 0 bridgehead atoms. The number of carbonyl (C=O) groups is 1. The summed E-state index contributed by atoms with van der Waals surface area (Å²) in [6.07, 6.45) is 3.00. The molecule has 110 valence electrons. The van der Waals surface area contributed by atoms with Crippen molar-refractivity contribution in [3.8, 4) is 5.75 Å². The Balaban J connectivity index is 2.04. The average Bonchev–Trinajstić information content (AvgIpc) is 2.47. The number of carboxylic acid groups (broad SMARTS) is 1. The van der Waals surface area contributed by atoms with Crippen LogP contribution in [0.3, 0.4) is 0 Å². The Labute approximate surface area is 119 Å². The lowest BCUT2D eigenvalue weighted by molar-refractivity contribution is 0.0696. The van der Waals surface area contributed by atoms with E-state index in [0.29, 0.717) is 5.75 Å². The van der Waals surface area contributed by atoms with E-state index >= 15 is 0 Å². The molecular formula is C14H14N2O5. The van der Waals surface area contributed by atoms with Crippen LogP contribution in [0.15, 0.2) is 46.2 Å². The van der Waals surface area contributed by atoms with E-state index in [9.17, 15) is 14.4 Å². The Morgan fingerprint density at radius 1 is 1.24 bits per heavy atom. The highest BCUT2D eigenvalue weighted by Crippen LogP contribution is 2.13. The van der Waals surface area contributed by atoms with E-state index in [4.69, 9.17) is 9.84 Å². The first-order valence-corrected chi connectivity index (χ1v) is 6.21. The van der Waals surface area contributed by atoms with E-state index in [1.807, 2.05) is 0 Å². The molecule has 21 heavy (non-hydrogen) atoms. The molecule has 0 aliphatic carbocycles. The fourth-order valence-electron chi connectivity index (χ4n) is 1.75. The number of hydrogen-bond acceptors (Lipinski definition) is 4. The summed E-state index contributed by atoms with van der Waals surface area (Å²) >= 11 is 0. The van der Waals surface area contributed by atoms with E-state index in [2.05, 4.69) is 0 Å². The van der Waals surface area contributed by atoms with Gasteiger partial charge in [-0.05, 0) is 18.2 Å². The predicted octanol–water partition coefficient (Wildman–Crippen LogP) is 0.324. The third-order valence-corrected chi connectivity index (χ3v) is 2.92. The fourth-order valence-corrected chi connectivity index (χ4v) is 1.75. The number of carboxylic acids is 1. The molecule has 7 heteroatoms. The number of nitrogens with zero attached hydrogens (tertiary/aromatic N) is 2. The van der Waals surface area contributed by atoms with E-state index < -0.39 is 17.1 Å². The Bertz CT molecular complexity index is 775. The second-order valence-corrected chi connectivity index (χ2v) is 4.39. The first kappa shape index (κ1) is 14.6. The van der Waals surface area contributed by atoms with Crippen molar-refractivity contribution in [3.05, 3.63) is 62.9 Å². The lowest BCUT2D eigenvalue weighted by Gasteiger charge is -2.09. The van der Waals surface area contributed by atoms with Gasteiger partial charge in [-0.3, -0.25) is 9.59 Å². The quantitative estimate of drug-likeness (QED) is 0.801. The van der Waals surface area contributed by atoms with Crippen molar-refractivity contribution in [2.45, 2.75) is 6.54 Å². The van der Waals surface area contributed by atoms with Crippen molar-refractivity contribution in [3.63, 3.8) is 0 Å². The standard InChI is InChI=1S/C14H14N2O5/c1-15-5-6-16(13(18)12(15)17)7-8-21-11-4-2-3-10(9-11)14(19)20/h2-6,9H,7-8H2,1H3,(H,19,20). The maximum atomic E-state index is 11.7. The van der Waals surface area contributed by atoms with Crippen molar-refractivity contribution in [2.24, 2.45) is 7.05 Å². The number of hydrogen-bond donors (Lipinski definition) is 1. The second kappa shape index (κ2) is 6.08. The van der Waals surface area contributed by atoms with Crippen LogP contribution in [0.4, 0.5) is 0 Å². The Kier molecular flexibility index (Phi) is 4.22. The van der Waals surface area contributed by atoms with Crippen LogP contribution in [0.5, 0.6) is 5.75 Å². The highest BCUT2D eigenvalue weighted by atomic mass is 16.5. The number of ether oxygens (including phenoxy) is 1. The minimum absolute atomic E-state index is 0.123. The normalized spacial score (nSPS) is 10.3. The Morgan fingerprint density at radius 3 is 2.71 bits per heavy atom. The molecule has 0 saturated heterocycles. The third kappa shape index (κ3) is 3.38. The van der Waals surface area contributed by atoms with Crippen molar-refractivity contribution in [1.29, 1.82) is 0 Å². The lowest BCUT2D eigenvalue weighted by Crippen LogP contribution is -2.40. The van der Waals surface area contributed by atoms with Gasteiger partial charge in [0.25, 0.3) is 0 Å².